The first-order valence-corrected chi connectivity index (χ1v) is 8.01. The van der Waals surface area contributed by atoms with E-state index in [1.807, 2.05) is 24.3 Å². The van der Waals surface area contributed by atoms with Crippen molar-refractivity contribution in [2.45, 2.75) is 0 Å². The highest BCUT2D eigenvalue weighted by Gasteiger charge is 2.11. The van der Waals surface area contributed by atoms with Gasteiger partial charge < -0.3 is 14.8 Å². The molecule has 2 amide bonds. The minimum atomic E-state index is -0.388. The second-order valence-electron chi connectivity index (χ2n) is 4.67. The quantitative estimate of drug-likeness (QED) is 0.712. The van der Waals surface area contributed by atoms with Gasteiger partial charge in [0.05, 0.1) is 12.8 Å². The standard InChI is InChI=1S/C17H15N3O3S/c1-22-14-8-4-5-9-15(14)23-13-7-3-2-6-12(13)19-16(21)20-17-18-10-11-24-17/h2-11H,1H3,(H2,18,19,20,21). The van der Waals surface area contributed by atoms with Gasteiger partial charge in [0, 0.05) is 11.6 Å². The summed E-state index contributed by atoms with van der Waals surface area (Å²) in [5.74, 6) is 1.69. The van der Waals surface area contributed by atoms with E-state index in [4.69, 9.17) is 9.47 Å². The Hall–Kier alpha value is -3.06. The average molecular weight is 341 g/mol. The van der Waals surface area contributed by atoms with Crippen molar-refractivity contribution in [1.29, 1.82) is 0 Å². The maximum atomic E-state index is 12.1. The van der Waals surface area contributed by atoms with Crippen LogP contribution in [-0.4, -0.2) is 18.1 Å². The van der Waals surface area contributed by atoms with Crippen LogP contribution in [0.25, 0.3) is 0 Å². The average Bonchev–Trinajstić information content (AvgIpc) is 3.10. The number of anilines is 2. The number of carbonyl (C=O) groups is 1. The molecule has 1 heterocycles. The van der Waals surface area contributed by atoms with Crippen molar-refractivity contribution in [2.24, 2.45) is 0 Å². The number of rotatable bonds is 5. The lowest BCUT2D eigenvalue weighted by molar-refractivity contribution is 0.262. The van der Waals surface area contributed by atoms with Crippen molar-refractivity contribution in [3.05, 3.63) is 60.1 Å². The summed E-state index contributed by atoms with van der Waals surface area (Å²) in [7, 11) is 1.58. The zero-order valence-electron chi connectivity index (χ0n) is 12.9. The third-order valence-corrected chi connectivity index (χ3v) is 3.77. The largest absolute Gasteiger partial charge is 0.493 e. The van der Waals surface area contributed by atoms with Crippen LogP contribution >= 0.6 is 11.3 Å². The molecule has 0 fully saturated rings. The Morgan fingerprint density at radius 3 is 2.42 bits per heavy atom. The normalized spacial score (nSPS) is 10.0. The lowest BCUT2D eigenvalue weighted by atomic mass is 10.3. The first kappa shape index (κ1) is 15.8. The Morgan fingerprint density at radius 1 is 1.00 bits per heavy atom. The molecule has 122 valence electrons. The number of amides is 2. The number of hydrogen-bond donors (Lipinski definition) is 2. The fourth-order valence-electron chi connectivity index (χ4n) is 2.02. The number of urea groups is 1. The van der Waals surface area contributed by atoms with Gasteiger partial charge in [-0.2, -0.15) is 0 Å². The van der Waals surface area contributed by atoms with Crippen LogP contribution < -0.4 is 20.1 Å². The minimum absolute atomic E-state index is 0.388. The molecule has 0 saturated heterocycles. The molecule has 7 heteroatoms. The summed E-state index contributed by atoms with van der Waals surface area (Å²) >= 11 is 1.34. The summed E-state index contributed by atoms with van der Waals surface area (Å²) in [5.41, 5.74) is 0.539. The third-order valence-electron chi connectivity index (χ3n) is 3.08. The van der Waals surface area contributed by atoms with Gasteiger partial charge in [-0.1, -0.05) is 24.3 Å². The summed E-state index contributed by atoms with van der Waals surface area (Å²) in [6, 6.07) is 14.1. The van der Waals surface area contributed by atoms with Gasteiger partial charge in [0.15, 0.2) is 22.4 Å². The SMILES string of the molecule is COc1ccccc1Oc1ccccc1NC(=O)Nc1nccs1. The highest BCUT2D eigenvalue weighted by atomic mass is 32.1. The van der Waals surface area contributed by atoms with E-state index in [-0.39, 0.29) is 6.03 Å². The lowest BCUT2D eigenvalue weighted by Gasteiger charge is -2.14. The molecule has 0 unspecified atom stereocenters. The van der Waals surface area contributed by atoms with E-state index >= 15 is 0 Å². The van der Waals surface area contributed by atoms with Crippen LogP contribution in [0.4, 0.5) is 15.6 Å². The number of carbonyl (C=O) groups excluding carboxylic acids is 1. The number of ether oxygens (including phenoxy) is 2. The first-order chi connectivity index (χ1) is 11.8. The fraction of sp³-hybridized carbons (Fsp3) is 0.0588. The van der Waals surface area contributed by atoms with Gasteiger partial charge in [-0.15, -0.1) is 11.3 Å². The highest BCUT2D eigenvalue weighted by Crippen LogP contribution is 2.34. The van der Waals surface area contributed by atoms with E-state index in [1.54, 1.807) is 43.0 Å². The molecule has 0 radical (unpaired) electrons. The molecule has 0 saturated carbocycles. The molecule has 0 aliphatic carbocycles. The molecule has 0 aliphatic heterocycles. The third kappa shape index (κ3) is 3.82. The van der Waals surface area contributed by atoms with Gasteiger partial charge >= 0.3 is 6.03 Å². The van der Waals surface area contributed by atoms with Crippen LogP contribution in [0.5, 0.6) is 17.2 Å². The smallest absolute Gasteiger partial charge is 0.325 e. The molecule has 3 aromatic rings. The number of hydrogen-bond acceptors (Lipinski definition) is 5. The molecular weight excluding hydrogens is 326 g/mol. The van der Waals surface area contributed by atoms with Crippen LogP contribution in [0.15, 0.2) is 60.1 Å². The topological polar surface area (TPSA) is 72.5 Å². The Bertz CT molecular complexity index is 821. The van der Waals surface area contributed by atoms with Gasteiger partial charge in [-0.05, 0) is 24.3 Å². The van der Waals surface area contributed by atoms with Gasteiger partial charge in [-0.25, -0.2) is 9.78 Å². The Balaban J connectivity index is 1.76. The van der Waals surface area contributed by atoms with E-state index in [2.05, 4.69) is 15.6 Å². The molecule has 1 aromatic heterocycles. The summed E-state index contributed by atoms with van der Waals surface area (Å²) in [4.78, 5) is 16.1. The number of nitrogens with one attached hydrogen (secondary N) is 2. The maximum Gasteiger partial charge on any atom is 0.325 e. The molecule has 6 nitrogen and oxygen atoms in total. The Kier molecular flexibility index (Phi) is 4.93. The molecule has 0 bridgehead atoms. The summed E-state index contributed by atoms with van der Waals surface area (Å²) < 4.78 is 11.2. The molecule has 0 aliphatic rings. The number of para-hydroxylation sites is 4. The number of benzene rings is 2. The van der Waals surface area contributed by atoms with E-state index in [9.17, 15) is 4.79 Å². The van der Waals surface area contributed by atoms with Crippen LogP contribution in [-0.2, 0) is 0 Å². The van der Waals surface area contributed by atoms with Crippen LogP contribution in [0, 0.1) is 0 Å². The van der Waals surface area contributed by atoms with Crippen molar-refractivity contribution >= 4 is 28.2 Å². The minimum Gasteiger partial charge on any atom is -0.493 e. The Morgan fingerprint density at radius 2 is 1.71 bits per heavy atom. The number of nitrogens with zero attached hydrogens (tertiary/aromatic N) is 1. The summed E-state index contributed by atoms with van der Waals surface area (Å²) in [5, 5.41) is 7.73. The number of aromatic nitrogens is 1. The van der Waals surface area contributed by atoms with Crippen LogP contribution in [0.3, 0.4) is 0 Å². The van der Waals surface area contributed by atoms with Crippen LogP contribution in [0.2, 0.25) is 0 Å². The zero-order valence-corrected chi connectivity index (χ0v) is 13.7. The van der Waals surface area contributed by atoms with Crippen molar-refractivity contribution < 1.29 is 14.3 Å². The van der Waals surface area contributed by atoms with Crippen LogP contribution in [0.1, 0.15) is 0 Å². The maximum absolute atomic E-state index is 12.1. The molecule has 24 heavy (non-hydrogen) atoms. The highest BCUT2D eigenvalue weighted by molar-refractivity contribution is 7.13. The van der Waals surface area contributed by atoms with Crippen molar-refractivity contribution in [3.63, 3.8) is 0 Å². The molecule has 0 atom stereocenters. The summed E-state index contributed by atoms with van der Waals surface area (Å²) in [6.07, 6.45) is 1.62. The second kappa shape index (κ2) is 7.47. The fourth-order valence-corrected chi connectivity index (χ4v) is 2.54. The predicted molar refractivity (Wildman–Crippen MR) is 94.3 cm³/mol. The molecular formula is C17H15N3O3S. The zero-order chi connectivity index (χ0) is 16.8. The van der Waals surface area contributed by atoms with E-state index < -0.39 is 0 Å². The van der Waals surface area contributed by atoms with E-state index in [0.717, 1.165) is 0 Å². The summed E-state index contributed by atoms with van der Waals surface area (Å²) in [6.45, 7) is 0. The molecule has 2 N–H and O–H groups in total. The van der Waals surface area contributed by atoms with Gasteiger partial charge in [0.2, 0.25) is 0 Å². The second-order valence-corrected chi connectivity index (χ2v) is 5.56. The number of methoxy groups -OCH3 is 1. The molecule has 3 rings (SSSR count). The van der Waals surface area contributed by atoms with E-state index in [0.29, 0.717) is 28.1 Å². The monoisotopic (exact) mass is 341 g/mol. The lowest BCUT2D eigenvalue weighted by Crippen LogP contribution is -2.19. The van der Waals surface area contributed by atoms with Gasteiger partial charge in [0.25, 0.3) is 0 Å². The van der Waals surface area contributed by atoms with Crippen molar-refractivity contribution in [1.82, 2.24) is 4.98 Å². The van der Waals surface area contributed by atoms with Gasteiger partial charge in [0.1, 0.15) is 0 Å². The number of thiazole rings is 1. The van der Waals surface area contributed by atoms with Crippen molar-refractivity contribution in [2.75, 3.05) is 17.7 Å². The molecule has 0 spiro atoms. The first-order valence-electron chi connectivity index (χ1n) is 7.13. The Labute approximate surface area is 143 Å². The predicted octanol–water partition coefficient (Wildman–Crippen LogP) is 4.59. The van der Waals surface area contributed by atoms with E-state index in [1.165, 1.54) is 11.3 Å². The van der Waals surface area contributed by atoms with Crippen molar-refractivity contribution in [3.8, 4) is 17.2 Å². The molecule has 2 aromatic carbocycles. The van der Waals surface area contributed by atoms with Gasteiger partial charge in [-0.3, -0.25) is 5.32 Å².